The fourth-order valence-electron chi connectivity index (χ4n) is 1.76. The Bertz CT molecular complexity index is 645. The highest BCUT2D eigenvalue weighted by molar-refractivity contribution is 7.18. The Morgan fingerprint density at radius 2 is 1.33 bits per heavy atom. The summed E-state index contributed by atoms with van der Waals surface area (Å²) in [4.78, 5) is 0.759. The first-order chi connectivity index (χ1) is 8.84. The minimum Gasteiger partial charge on any atom is -0.334 e. The van der Waals surface area contributed by atoms with Crippen molar-refractivity contribution in [2.45, 2.75) is 0 Å². The largest absolute Gasteiger partial charge is 0.536 e. The van der Waals surface area contributed by atoms with Crippen molar-refractivity contribution in [2.75, 3.05) is 0 Å². The topological polar surface area (TPSA) is 31.5 Å². The summed E-state index contributed by atoms with van der Waals surface area (Å²) < 4.78 is 5.43. The van der Waals surface area contributed by atoms with Crippen LogP contribution in [-0.2, 0) is 0 Å². The Morgan fingerprint density at radius 1 is 0.778 bits per heavy atom. The first kappa shape index (κ1) is 11.0. The van der Waals surface area contributed by atoms with Gasteiger partial charge in [0.2, 0.25) is 0 Å². The number of aromatic hydroxyl groups is 1. The van der Waals surface area contributed by atoms with Crippen LogP contribution in [0, 0.1) is 0 Å². The number of benzene rings is 2. The summed E-state index contributed by atoms with van der Waals surface area (Å²) >= 11 is 1.45. The van der Waals surface area contributed by atoms with E-state index in [-0.39, 0.29) is 5.95 Å². The first-order valence-electron chi connectivity index (χ1n) is 5.61. The maximum Gasteiger partial charge on any atom is 0.536 e. The lowest BCUT2D eigenvalue weighted by molar-refractivity contribution is 0.340. The summed E-state index contributed by atoms with van der Waals surface area (Å²) in [6.45, 7) is 0. The van der Waals surface area contributed by atoms with Crippen molar-refractivity contribution in [2.24, 2.45) is 0 Å². The van der Waals surface area contributed by atoms with E-state index in [1.807, 2.05) is 60.7 Å². The number of rotatable bonds is 2. The summed E-state index contributed by atoms with van der Waals surface area (Å²) in [7, 11) is 0. The third-order valence-corrected chi connectivity index (χ3v) is 3.74. The molecule has 0 aliphatic rings. The van der Waals surface area contributed by atoms with Crippen LogP contribution in [0.4, 0.5) is 0 Å². The van der Waals surface area contributed by atoms with E-state index in [9.17, 15) is 5.11 Å². The fourth-order valence-corrected chi connectivity index (χ4v) is 2.70. The van der Waals surface area contributed by atoms with Gasteiger partial charge in [0.05, 0.1) is 5.56 Å². The molecule has 0 saturated carbocycles. The summed E-state index contributed by atoms with van der Waals surface area (Å²) in [5.74, 6) is -0.0231. The van der Waals surface area contributed by atoms with Gasteiger partial charge in [-0.3, -0.25) is 4.42 Å². The molecule has 0 saturated heterocycles. The van der Waals surface area contributed by atoms with Crippen LogP contribution in [0.1, 0.15) is 0 Å². The summed E-state index contributed by atoms with van der Waals surface area (Å²) in [5, 5.41) is 10.6. The maximum atomic E-state index is 9.89. The predicted molar refractivity (Wildman–Crippen MR) is 73.5 cm³/mol. The molecule has 0 aliphatic carbocycles. The number of hydrogen-bond donors (Lipinski definition) is 1. The summed E-state index contributed by atoms with van der Waals surface area (Å²) in [6, 6.07) is 19.5. The Labute approximate surface area is 109 Å². The van der Waals surface area contributed by atoms with Crippen LogP contribution in [0.3, 0.4) is 0 Å². The van der Waals surface area contributed by atoms with E-state index in [1.54, 1.807) is 0 Å². The Morgan fingerprint density at radius 3 is 1.94 bits per heavy atom. The standard InChI is InChI=1S/C15H10O2S/c16-14-13(11-7-3-1-4-8-11)18-15(17-14)12-9-5-2-6-10-12/h1-10H/p+1. The molecule has 0 amide bonds. The SMILES string of the molecule is Oc1[o+]c(-c2ccccc2)sc1-c1ccccc1. The lowest BCUT2D eigenvalue weighted by Gasteiger charge is -1.90. The zero-order valence-electron chi connectivity index (χ0n) is 9.54. The Balaban J connectivity index is 2.07. The predicted octanol–water partition coefficient (Wildman–Crippen LogP) is 4.66. The quantitative estimate of drug-likeness (QED) is 0.675. The van der Waals surface area contributed by atoms with Crippen LogP contribution in [0.5, 0.6) is 5.95 Å². The number of hydrogen-bond acceptors (Lipinski definition) is 2. The van der Waals surface area contributed by atoms with Crippen molar-refractivity contribution in [1.29, 1.82) is 0 Å². The summed E-state index contributed by atoms with van der Waals surface area (Å²) in [6.07, 6.45) is 0. The van der Waals surface area contributed by atoms with Gasteiger partial charge < -0.3 is 5.11 Å². The van der Waals surface area contributed by atoms with Crippen molar-refractivity contribution in [1.82, 2.24) is 0 Å². The van der Waals surface area contributed by atoms with Crippen molar-refractivity contribution in [3.8, 4) is 27.0 Å². The second-order valence-corrected chi connectivity index (χ2v) is 4.84. The molecule has 3 rings (SSSR count). The van der Waals surface area contributed by atoms with E-state index in [1.165, 1.54) is 11.3 Å². The third kappa shape index (κ3) is 2.00. The smallest absolute Gasteiger partial charge is 0.334 e. The third-order valence-electron chi connectivity index (χ3n) is 2.62. The van der Waals surface area contributed by atoms with Gasteiger partial charge in [-0.05, 0) is 12.1 Å². The van der Waals surface area contributed by atoms with E-state index < -0.39 is 0 Å². The molecular weight excluding hydrogens is 244 g/mol. The molecule has 88 valence electrons. The zero-order chi connectivity index (χ0) is 12.4. The minimum absolute atomic E-state index is 0.0231. The second-order valence-electron chi connectivity index (χ2n) is 3.86. The molecule has 1 heterocycles. The van der Waals surface area contributed by atoms with Crippen LogP contribution < -0.4 is 0 Å². The highest BCUT2D eigenvalue weighted by Gasteiger charge is 2.23. The van der Waals surface area contributed by atoms with Gasteiger partial charge in [-0.1, -0.05) is 59.9 Å². The molecule has 2 aromatic carbocycles. The summed E-state index contributed by atoms with van der Waals surface area (Å²) in [5.41, 5.74) is 1.94. The maximum absolute atomic E-state index is 9.89. The van der Waals surface area contributed by atoms with Gasteiger partial charge in [-0.25, -0.2) is 0 Å². The average molecular weight is 255 g/mol. The molecule has 0 unspecified atom stereocenters. The van der Waals surface area contributed by atoms with Gasteiger partial charge >= 0.3 is 11.0 Å². The monoisotopic (exact) mass is 255 g/mol. The molecule has 0 spiro atoms. The van der Waals surface area contributed by atoms with Gasteiger partial charge in [0.1, 0.15) is 0 Å². The zero-order valence-corrected chi connectivity index (χ0v) is 10.4. The molecule has 0 fully saturated rings. The lowest BCUT2D eigenvalue weighted by Crippen LogP contribution is -1.69. The van der Waals surface area contributed by atoms with E-state index in [4.69, 9.17) is 4.42 Å². The van der Waals surface area contributed by atoms with Crippen LogP contribution in [0.15, 0.2) is 65.1 Å². The molecule has 1 aromatic heterocycles. The Kier molecular flexibility index (Phi) is 2.82. The van der Waals surface area contributed by atoms with E-state index in [0.717, 1.165) is 16.0 Å². The Hall–Kier alpha value is -2.13. The normalized spacial score (nSPS) is 10.4. The van der Waals surface area contributed by atoms with Gasteiger partial charge in [0.25, 0.3) is 0 Å². The van der Waals surface area contributed by atoms with Gasteiger partial charge in [-0.15, -0.1) is 0 Å². The lowest BCUT2D eigenvalue weighted by atomic mass is 10.2. The first-order valence-corrected chi connectivity index (χ1v) is 6.43. The molecular formula is C15H11O2S+. The average Bonchev–Trinajstić information content (AvgIpc) is 2.83. The highest BCUT2D eigenvalue weighted by Crippen LogP contribution is 2.41. The van der Waals surface area contributed by atoms with Crippen LogP contribution in [-0.4, -0.2) is 5.11 Å². The molecule has 3 heteroatoms. The fraction of sp³-hybridized carbons (Fsp3) is 0. The van der Waals surface area contributed by atoms with Crippen molar-refractivity contribution < 1.29 is 9.52 Å². The minimum atomic E-state index is -0.0231. The highest BCUT2D eigenvalue weighted by atomic mass is 32.1. The van der Waals surface area contributed by atoms with Crippen molar-refractivity contribution >= 4 is 11.3 Å². The molecule has 3 aromatic rings. The van der Waals surface area contributed by atoms with Gasteiger partial charge in [0, 0.05) is 5.56 Å². The van der Waals surface area contributed by atoms with Gasteiger partial charge in [0.15, 0.2) is 4.88 Å². The van der Waals surface area contributed by atoms with Crippen LogP contribution >= 0.6 is 11.3 Å². The molecule has 2 nitrogen and oxygen atoms in total. The molecule has 18 heavy (non-hydrogen) atoms. The van der Waals surface area contributed by atoms with E-state index in [0.29, 0.717) is 5.07 Å². The second kappa shape index (κ2) is 4.63. The molecule has 0 bridgehead atoms. The van der Waals surface area contributed by atoms with Crippen molar-refractivity contribution in [3.05, 3.63) is 60.7 Å². The molecule has 0 aliphatic heterocycles. The molecule has 0 radical (unpaired) electrons. The van der Waals surface area contributed by atoms with Crippen LogP contribution in [0.2, 0.25) is 0 Å². The van der Waals surface area contributed by atoms with Crippen molar-refractivity contribution in [3.63, 3.8) is 0 Å². The van der Waals surface area contributed by atoms with E-state index >= 15 is 0 Å². The van der Waals surface area contributed by atoms with E-state index in [2.05, 4.69) is 0 Å². The van der Waals surface area contributed by atoms with Crippen LogP contribution in [0.25, 0.3) is 21.1 Å². The molecule has 0 atom stereocenters. The molecule has 1 N–H and O–H groups in total. The van der Waals surface area contributed by atoms with Gasteiger partial charge in [-0.2, -0.15) is 0 Å².